The number of amides is 1. The maximum atomic E-state index is 13.9. The van der Waals surface area contributed by atoms with E-state index in [0.717, 1.165) is 35.1 Å². The van der Waals surface area contributed by atoms with Gasteiger partial charge in [0, 0.05) is 48.4 Å². The predicted molar refractivity (Wildman–Crippen MR) is 118 cm³/mol. The van der Waals surface area contributed by atoms with E-state index in [1.807, 2.05) is 18.2 Å². The third kappa shape index (κ3) is 3.69. The second kappa shape index (κ2) is 7.90. The van der Waals surface area contributed by atoms with Crippen molar-refractivity contribution in [1.82, 2.24) is 4.98 Å². The monoisotopic (exact) mass is 462 g/mol. The molecule has 1 unspecified atom stereocenters. The number of fused-ring (bicyclic) bond motifs is 4. The highest BCUT2D eigenvalue weighted by atomic mass is 19.1. The molecule has 3 aliphatic rings. The molecule has 8 heteroatoms. The molecule has 1 amide bonds. The van der Waals surface area contributed by atoms with Crippen molar-refractivity contribution in [2.24, 2.45) is 5.92 Å². The molecular weight excluding hydrogens is 442 g/mol. The van der Waals surface area contributed by atoms with Crippen molar-refractivity contribution in [3.8, 4) is 17.2 Å². The van der Waals surface area contributed by atoms with Crippen LogP contribution in [-0.2, 0) is 22.4 Å². The lowest BCUT2D eigenvalue weighted by molar-refractivity contribution is -0.119. The number of hydrogen-bond acceptors (Lipinski definition) is 5. The Morgan fingerprint density at radius 2 is 2.03 bits per heavy atom. The number of pyridine rings is 1. The molecule has 3 heterocycles. The van der Waals surface area contributed by atoms with Crippen molar-refractivity contribution in [3.05, 3.63) is 77.0 Å². The van der Waals surface area contributed by atoms with Gasteiger partial charge >= 0.3 is 0 Å². The van der Waals surface area contributed by atoms with E-state index in [1.54, 1.807) is 12.3 Å². The van der Waals surface area contributed by atoms with Crippen LogP contribution in [0, 0.1) is 17.6 Å². The second-order valence-corrected chi connectivity index (χ2v) is 8.91. The summed E-state index contributed by atoms with van der Waals surface area (Å²) in [5, 5.41) is 2.76. The van der Waals surface area contributed by atoms with Gasteiger partial charge in [-0.25, -0.2) is 13.8 Å². The molecular formula is C26H20F2N2O4. The average Bonchev–Trinajstić information content (AvgIpc) is 3.32. The summed E-state index contributed by atoms with van der Waals surface area (Å²) in [6.07, 6.45) is 2.55. The van der Waals surface area contributed by atoms with Gasteiger partial charge in [0.25, 0.3) is 0 Å². The van der Waals surface area contributed by atoms with Crippen molar-refractivity contribution in [2.45, 2.75) is 37.7 Å². The molecule has 1 N–H and O–H groups in total. The van der Waals surface area contributed by atoms with Gasteiger partial charge in [-0.1, -0.05) is 0 Å². The number of hydrogen-bond donors (Lipinski definition) is 1. The highest BCUT2D eigenvalue weighted by Crippen LogP contribution is 2.60. The van der Waals surface area contributed by atoms with Crippen LogP contribution in [-0.4, -0.2) is 22.8 Å². The summed E-state index contributed by atoms with van der Waals surface area (Å²) in [5.41, 5.74) is 1.91. The van der Waals surface area contributed by atoms with Crippen molar-refractivity contribution in [3.63, 3.8) is 0 Å². The lowest BCUT2D eigenvalue weighted by atomic mass is 10.0. The van der Waals surface area contributed by atoms with E-state index < -0.39 is 11.6 Å². The minimum absolute atomic E-state index is 0.00997. The Morgan fingerprint density at radius 3 is 2.91 bits per heavy atom. The fourth-order valence-corrected chi connectivity index (χ4v) is 4.96. The number of carbonyl (C=O) groups is 2. The Labute approximate surface area is 193 Å². The molecule has 2 aliphatic heterocycles. The van der Waals surface area contributed by atoms with Gasteiger partial charge in [0.2, 0.25) is 5.91 Å². The van der Waals surface area contributed by atoms with Crippen LogP contribution < -0.4 is 14.8 Å². The van der Waals surface area contributed by atoms with Gasteiger partial charge in [0.1, 0.15) is 46.6 Å². The first-order valence-electron chi connectivity index (χ1n) is 11.2. The van der Waals surface area contributed by atoms with Gasteiger partial charge in [-0.3, -0.25) is 9.59 Å². The third-order valence-electron chi connectivity index (χ3n) is 6.66. The van der Waals surface area contributed by atoms with Gasteiger partial charge in [0.15, 0.2) is 0 Å². The van der Waals surface area contributed by atoms with Gasteiger partial charge in [-0.2, -0.15) is 0 Å². The molecule has 2 aromatic carbocycles. The standard InChI is InChI=1S/C26H20F2N2O4/c27-14-1-4-20(28)13(9-14)10-15(31)11-19-24-18-12-16(2-5-21(18)34-25(19)24)33-22-7-8-29-26-17(22)3-6-23(32)30-26/h1-2,4-5,7-9,12,19,24-25H,3,6,10-11H2,(H,29,30,32)/t19?,24-,25+/m0/s1. The number of carbonyl (C=O) groups excluding carboxylic acids is 2. The van der Waals surface area contributed by atoms with E-state index >= 15 is 0 Å². The summed E-state index contributed by atoms with van der Waals surface area (Å²) in [5.74, 6) is 1.30. The minimum atomic E-state index is -0.577. The first-order valence-corrected chi connectivity index (χ1v) is 11.2. The van der Waals surface area contributed by atoms with Crippen LogP contribution in [0.4, 0.5) is 14.6 Å². The Balaban J connectivity index is 1.15. The molecule has 3 atom stereocenters. The molecule has 172 valence electrons. The topological polar surface area (TPSA) is 77.5 Å². The maximum Gasteiger partial charge on any atom is 0.225 e. The van der Waals surface area contributed by atoms with Crippen LogP contribution in [0.1, 0.15) is 35.4 Å². The first kappa shape index (κ1) is 20.8. The molecule has 6 nitrogen and oxygen atoms in total. The van der Waals surface area contributed by atoms with Crippen molar-refractivity contribution < 1.29 is 27.8 Å². The fraction of sp³-hybridized carbons (Fsp3) is 0.269. The van der Waals surface area contributed by atoms with Crippen molar-refractivity contribution in [1.29, 1.82) is 0 Å². The van der Waals surface area contributed by atoms with Crippen LogP contribution >= 0.6 is 0 Å². The molecule has 0 saturated heterocycles. The zero-order valence-electron chi connectivity index (χ0n) is 18.0. The number of benzene rings is 2. The molecule has 0 bridgehead atoms. The molecule has 0 spiro atoms. The number of nitrogens with zero attached hydrogens (tertiary/aromatic N) is 1. The molecule has 34 heavy (non-hydrogen) atoms. The van der Waals surface area contributed by atoms with Crippen LogP contribution in [0.15, 0.2) is 48.7 Å². The summed E-state index contributed by atoms with van der Waals surface area (Å²) in [4.78, 5) is 28.4. The summed E-state index contributed by atoms with van der Waals surface area (Å²) in [6.45, 7) is 0. The van der Waals surface area contributed by atoms with E-state index in [0.29, 0.717) is 30.2 Å². The van der Waals surface area contributed by atoms with Crippen LogP contribution in [0.25, 0.3) is 0 Å². The van der Waals surface area contributed by atoms with E-state index in [9.17, 15) is 18.4 Å². The van der Waals surface area contributed by atoms with Crippen LogP contribution in [0.2, 0.25) is 0 Å². The maximum absolute atomic E-state index is 13.9. The first-order chi connectivity index (χ1) is 16.5. The second-order valence-electron chi connectivity index (χ2n) is 8.91. The fourth-order valence-electron chi connectivity index (χ4n) is 4.96. The van der Waals surface area contributed by atoms with E-state index in [4.69, 9.17) is 9.47 Å². The predicted octanol–water partition coefficient (Wildman–Crippen LogP) is 4.71. The number of ketones is 1. The van der Waals surface area contributed by atoms with E-state index in [-0.39, 0.29) is 48.0 Å². The highest BCUT2D eigenvalue weighted by molar-refractivity contribution is 5.93. The molecule has 3 aromatic rings. The zero-order chi connectivity index (χ0) is 23.4. The molecule has 1 saturated carbocycles. The largest absolute Gasteiger partial charge is 0.489 e. The lowest BCUT2D eigenvalue weighted by Gasteiger charge is -2.19. The summed E-state index contributed by atoms with van der Waals surface area (Å²) in [7, 11) is 0. The number of rotatable bonds is 6. The molecule has 6 rings (SSSR count). The van der Waals surface area contributed by atoms with Crippen molar-refractivity contribution >= 4 is 17.5 Å². The summed E-state index contributed by atoms with van der Waals surface area (Å²) in [6, 6.07) is 10.5. The molecule has 1 aliphatic carbocycles. The Kier molecular flexibility index (Phi) is 4.83. The van der Waals surface area contributed by atoms with Crippen molar-refractivity contribution in [2.75, 3.05) is 5.32 Å². The Morgan fingerprint density at radius 1 is 1.15 bits per heavy atom. The number of nitrogens with one attached hydrogen (secondary N) is 1. The highest BCUT2D eigenvalue weighted by Gasteiger charge is 2.59. The Bertz CT molecular complexity index is 1340. The molecule has 1 fully saturated rings. The molecule has 1 aromatic heterocycles. The number of Topliss-reactive ketones (excluding diaryl/α,β-unsaturated/α-hetero) is 1. The quantitative estimate of drug-likeness (QED) is 0.574. The summed E-state index contributed by atoms with van der Waals surface area (Å²) < 4.78 is 39.4. The SMILES string of the molecule is O=C(Cc1cc(F)ccc1F)CC1[C@H]2Oc3ccc(Oc4ccnc5c4CCC(=O)N5)cc3[C@@H]12. The van der Waals surface area contributed by atoms with E-state index in [1.165, 1.54) is 0 Å². The van der Waals surface area contributed by atoms with Gasteiger partial charge in [-0.15, -0.1) is 0 Å². The number of halogens is 2. The normalized spacial score (nSPS) is 21.6. The van der Waals surface area contributed by atoms with E-state index in [2.05, 4.69) is 10.3 Å². The minimum Gasteiger partial charge on any atom is -0.489 e. The summed E-state index contributed by atoms with van der Waals surface area (Å²) >= 11 is 0. The average molecular weight is 462 g/mol. The lowest BCUT2D eigenvalue weighted by Crippen LogP contribution is -2.20. The van der Waals surface area contributed by atoms with Gasteiger partial charge in [-0.05, 0) is 54.4 Å². The van der Waals surface area contributed by atoms with Crippen LogP contribution in [0.3, 0.4) is 0 Å². The Hall–Kier alpha value is -3.81. The third-order valence-corrected chi connectivity index (χ3v) is 6.66. The molecule has 0 radical (unpaired) electrons. The smallest absolute Gasteiger partial charge is 0.225 e. The number of anilines is 1. The number of aromatic nitrogens is 1. The van der Waals surface area contributed by atoms with Gasteiger partial charge in [0.05, 0.1) is 0 Å². The van der Waals surface area contributed by atoms with Gasteiger partial charge < -0.3 is 14.8 Å². The van der Waals surface area contributed by atoms with Crippen LogP contribution in [0.5, 0.6) is 17.2 Å². The zero-order valence-corrected chi connectivity index (χ0v) is 18.0. The number of ether oxygens (including phenoxy) is 2.